The summed E-state index contributed by atoms with van der Waals surface area (Å²) in [5.41, 5.74) is 5.33. The summed E-state index contributed by atoms with van der Waals surface area (Å²) in [5, 5.41) is 7.21. The van der Waals surface area contributed by atoms with Gasteiger partial charge in [0.15, 0.2) is 5.11 Å². The highest BCUT2D eigenvalue weighted by Crippen LogP contribution is 2.12. The summed E-state index contributed by atoms with van der Waals surface area (Å²) >= 11 is 4.72. The Morgan fingerprint density at radius 3 is 2.92 bits per heavy atom. The molecular weight excluding hydrogens is 172 g/mol. The fraction of sp³-hybridized carbons (Fsp3) is 0.429. The Bertz CT molecular complexity index is 279. The molecule has 0 radical (unpaired) electrons. The van der Waals surface area contributed by atoms with E-state index in [1.165, 1.54) is 0 Å². The van der Waals surface area contributed by atoms with Crippen LogP contribution in [0.4, 0.5) is 5.82 Å². The first kappa shape index (κ1) is 8.99. The van der Waals surface area contributed by atoms with Crippen molar-refractivity contribution in [1.29, 1.82) is 0 Å². The van der Waals surface area contributed by atoms with E-state index in [1.54, 1.807) is 6.20 Å². The second kappa shape index (κ2) is 3.53. The molecule has 1 aromatic heterocycles. The lowest BCUT2D eigenvalue weighted by molar-refractivity contribution is 0.540. The van der Waals surface area contributed by atoms with Crippen LogP contribution in [0.25, 0.3) is 0 Å². The summed E-state index contributed by atoms with van der Waals surface area (Å²) in [7, 11) is 0. The second-order valence-electron chi connectivity index (χ2n) is 2.74. The summed E-state index contributed by atoms with van der Waals surface area (Å²) in [6.07, 6.45) is 1.71. The number of nitrogens with two attached hydrogens (primary N) is 1. The fourth-order valence-electron chi connectivity index (χ4n) is 0.951. The van der Waals surface area contributed by atoms with Gasteiger partial charge in [-0.05, 0) is 26.1 Å². The van der Waals surface area contributed by atoms with Gasteiger partial charge in [-0.3, -0.25) is 0 Å². The van der Waals surface area contributed by atoms with Gasteiger partial charge in [0.05, 0.1) is 6.20 Å². The van der Waals surface area contributed by atoms with Crippen molar-refractivity contribution >= 4 is 23.1 Å². The average Bonchev–Trinajstić information content (AvgIpc) is 2.33. The van der Waals surface area contributed by atoms with E-state index in [1.807, 2.05) is 24.6 Å². The van der Waals surface area contributed by atoms with Gasteiger partial charge in [-0.15, -0.1) is 0 Å². The molecule has 0 bridgehead atoms. The van der Waals surface area contributed by atoms with Crippen molar-refractivity contribution in [3.63, 3.8) is 0 Å². The number of nitrogens with zero attached hydrogens (tertiary/aromatic N) is 2. The van der Waals surface area contributed by atoms with Crippen LogP contribution in [-0.2, 0) is 0 Å². The SMILES string of the molecule is CC(C)n1nccc1NC(N)=S. The Morgan fingerprint density at radius 2 is 2.42 bits per heavy atom. The third kappa shape index (κ3) is 1.94. The van der Waals surface area contributed by atoms with E-state index in [0.717, 1.165) is 5.82 Å². The van der Waals surface area contributed by atoms with Crippen LogP contribution < -0.4 is 11.1 Å². The zero-order valence-electron chi connectivity index (χ0n) is 7.11. The molecule has 1 heterocycles. The Labute approximate surface area is 76.7 Å². The van der Waals surface area contributed by atoms with Gasteiger partial charge in [-0.2, -0.15) is 5.10 Å². The lowest BCUT2D eigenvalue weighted by Crippen LogP contribution is -2.21. The molecule has 0 spiro atoms. The Balaban J connectivity index is 2.84. The van der Waals surface area contributed by atoms with E-state index in [0.29, 0.717) is 6.04 Å². The maximum absolute atomic E-state index is 5.33. The molecule has 3 N–H and O–H groups in total. The maximum Gasteiger partial charge on any atom is 0.169 e. The minimum Gasteiger partial charge on any atom is -0.376 e. The Kier molecular flexibility index (Phi) is 2.65. The number of thiocarbonyl (C=S) groups is 1. The smallest absolute Gasteiger partial charge is 0.169 e. The topological polar surface area (TPSA) is 55.9 Å². The van der Waals surface area contributed by atoms with Crippen LogP contribution in [0, 0.1) is 0 Å². The summed E-state index contributed by atoms with van der Waals surface area (Å²) in [4.78, 5) is 0. The fourth-order valence-corrected chi connectivity index (χ4v) is 1.06. The quantitative estimate of drug-likeness (QED) is 0.676. The van der Waals surface area contributed by atoms with Gasteiger partial charge in [0, 0.05) is 12.1 Å². The molecule has 0 saturated carbocycles. The van der Waals surface area contributed by atoms with E-state index < -0.39 is 0 Å². The first-order valence-corrected chi connectivity index (χ1v) is 4.12. The van der Waals surface area contributed by atoms with E-state index in [-0.39, 0.29) is 5.11 Å². The molecule has 0 atom stereocenters. The molecule has 0 aliphatic heterocycles. The monoisotopic (exact) mass is 184 g/mol. The van der Waals surface area contributed by atoms with E-state index in [2.05, 4.69) is 10.4 Å². The Morgan fingerprint density at radius 1 is 1.75 bits per heavy atom. The molecule has 0 amide bonds. The third-order valence-electron chi connectivity index (χ3n) is 1.41. The third-order valence-corrected chi connectivity index (χ3v) is 1.51. The minimum atomic E-state index is 0.261. The molecule has 12 heavy (non-hydrogen) atoms. The maximum atomic E-state index is 5.33. The standard InChI is InChI=1S/C7H12N4S/c1-5(2)11-6(3-4-9-11)10-7(8)12/h3-5H,1-2H3,(H3,8,10,12). The summed E-state index contributed by atoms with van der Waals surface area (Å²) in [6.45, 7) is 4.08. The van der Waals surface area contributed by atoms with Crippen LogP contribution in [0.15, 0.2) is 12.3 Å². The molecule has 4 nitrogen and oxygen atoms in total. The molecule has 0 aliphatic rings. The van der Waals surface area contributed by atoms with Crippen molar-refractivity contribution in [1.82, 2.24) is 9.78 Å². The van der Waals surface area contributed by atoms with Crippen molar-refractivity contribution in [2.45, 2.75) is 19.9 Å². The van der Waals surface area contributed by atoms with Crippen molar-refractivity contribution in [2.24, 2.45) is 5.73 Å². The van der Waals surface area contributed by atoms with Crippen LogP contribution in [0.1, 0.15) is 19.9 Å². The molecule has 5 heteroatoms. The van der Waals surface area contributed by atoms with Gasteiger partial charge in [0.25, 0.3) is 0 Å². The van der Waals surface area contributed by atoms with Crippen molar-refractivity contribution in [3.8, 4) is 0 Å². The largest absolute Gasteiger partial charge is 0.376 e. The molecule has 1 aromatic rings. The zero-order valence-corrected chi connectivity index (χ0v) is 7.93. The van der Waals surface area contributed by atoms with Gasteiger partial charge in [-0.1, -0.05) is 0 Å². The van der Waals surface area contributed by atoms with Crippen LogP contribution in [0.3, 0.4) is 0 Å². The zero-order chi connectivity index (χ0) is 9.14. The van der Waals surface area contributed by atoms with E-state index in [9.17, 15) is 0 Å². The molecule has 66 valence electrons. The van der Waals surface area contributed by atoms with Crippen molar-refractivity contribution < 1.29 is 0 Å². The highest BCUT2D eigenvalue weighted by Gasteiger charge is 2.04. The number of hydrogen-bond acceptors (Lipinski definition) is 2. The van der Waals surface area contributed by atoms with Gasteiger partial charge < -0.3 is 11.1 Å². The lowest BCUT2D eigenvalue weighted by atomic mass is 10.4. The number of nitrogens with one attached hydrogen (secondary N) is 1. The highest BCUT2D eigenvalue weighted by molar-refractivity contribution is 7.80. The molecule has 0 aliphatic carbocycles. The normalized spacial score (nSPS) is 10.2. The molecule has 0 saturated heterocycles. The molecule has 1 rings (SSSR count). The first-order valence-electron chi connectivity index (χ1n) is 3.71. The van der Waals surface area contributed by atoms with Crippen LogP contribution in [-0.4, -0.2) is 14.9 Å². The van der Waals surface area contributed by atoms with Crippen molar-refractivity contribution in [2.75, 3.05) is 5.32 Å². The first-order chi connectivity index (χ1) is 5.61. The van der Waals surface area contributed by atoms with Gasteiger partial charge in [0.1, 0.15) is 5.82 Å². The number of rotatable bonds is 2. The average molecular weight is 184 g/mol. The molecular formula is C7H12N4S. The van der Waals surface area contributed by atoms with E-state index in [4.69, 9.17) is 18.0 Å². The van der Waals surface area contributed by atoms with Crippen LogP contribution in [0.2, 0.25) is 0 Å². The molecule has 0 fully saturated rings. The number of hydrogen-bond donors (Lipinski definition) is 2. The summed E-state index contributed by atoms with van der Waals surface area (Å²) in [5.74, 6) is 0.831. The highest BCUT2D eigenvalue weighted by atomic mass is 32.1. The van der Waals surface area contributed by atoms with Crippen molar-refractivity contribution in [3.05, 3.63) is 12.3 Å². The second-order valence-corrected chi connectivity index (χ2v) is 3.18. The summed E-state index contributed by atoms with van der Waals surface area (Å²) < 4.78 is 1.82. The summed E-state index contributed by atoms with van der Waals surface area (Å²) in [6, 6.07) is 2.14. The number of anilines is 1. The lowest BCUT2D eigenvalue weighted by Gasteiger charge is -2.10. The van der Waals surface area contributed by atoms with Crippen LogP contribution in [0.5, 0.6) is 0 Å². The molecule has 0 unspecified atom stereocenters. The predicted octanol–water partition coefficient (Wildman–Crippen LogP) is 1.12. The van der Waals surface area contributed by atoms with E-state index >= 15 is 0 Å². The van der Waals surface area contributed by atoms with Gasteiger partial charge in [0.2, 0.25) is 0 Å². The predicted molar refractivity (Wildman–Crippen MR) is 53.0 cm³/mol. The van der Waals surface area contributed by atoms with Gasteiger partial charge >= 0.3 is 0 Å². The molecule has 0 aromatic carbocycles. The van der Waals surface area contributed by atoms with Crippen LogP contribution >= 0.6 is 12.2 Å². The Hall–Kier alpha value is -1.10. The van der Waals surface area contributed by atoms with Gasteiger partial charge in [-0.25, -0.2) is 4.68 Å². The number of aromatic nitrogens is 2. The minimum absolute atomic E-state index is 0.261.